The molecule has 7 nitrogen and oxygen atoms in total. The Morgan fingerprint density at radius 1 is 0.625 bits per heavy atom. The number of nitrogens with one attached hydrogen (secondary N) is 4. The van der Waals surface area contributed by atoms with E-state index in [4.69, 9.17) is 31.5 Å². The lowest BCUT2D eigenvalue weighted by atomic mass is 9.96. The zero-order valence-electron chi connectivity index (χ0n) is 24.6. The fourth-order valence-corrected chi connectivity index (χ4v) is 22.0. The highest BCUT2D eigenvalue weighted by Crippen LogP contribution is 2.80. The second-order valence-corrected chi connectivity index (χ2v) is 22.8. The molecule has 1 heterocycles. The van der Waals surface area contributed by atoms with Gasteiger partial charge in [-0.25, -0.2) is 9.83 Å². The number of alkyl halides is 1. The summed E-state index contributed by atoms with van der Waals surface area (Å²) in [5, 5.41) is 12.5. The molecule has 4 fully saturated rings. The summed E-state index contributed by atoms with van der Waals surface area (Å²) >= 11 is 16.5. The van der Waals surface area contributed by atoms with Gasteiger partial charge in [0.2, 0.25) is 0 Å². The van der Waals surface area contributed by atoms with E-state index in [0.29, 0.717) is 24.2 Å². The lowest BCUT2D eigenvalue weighted by Gasteiger charge is -2.46. The minimum atomic E-state index is -2.89. The molecule has 4 saturated carbocycles. The van der Waals surface area contributed by atoms with Gasteiger partial charge in [-0.3, -0.25) is 10.2 Å². The number of hydrogen-bond donors (Lipinski definition) is 4. The van der Waals surface area contributed by atoms with E-state index in [2.05, 4.69) is 54.1 Å². The third kappa shape index (κ3) is 10.3. The molecule has 0 bridgehead atoms. The van der Waals surface area contributed by atoms with Crippen LogP contribution in [-0.2, 0) is 0 Å². The molecule has 5 aliphatic rings. The Hall–Kier alpha value is 2.57. The molecule has 40 heavy (non-hydrogen) atoms. The summed E-state index contributed by atoms with van der Waals surface area (Å²) in [7, 11) is -2.57. The van der Waals surface area contributed by atoms with Crippen LogP contribution in [0.4, 0.5) is 0 Å². The molecule has 0 aromatic heterocycles. The van der Waals surface area contributed by atoms with Crippen LogP contribution in [0, 0.1) is 0 Å². The van der Waals surface area contributed by atoms with E-state index >= 15 is 0 Å². The van der Waals surface area contributed by atoms with Crippen molar-refractivity contribution in [2.45, 2.75) is 153 Å². The van der Waals surface area contributed by atoms with Crippen molar-refractivity contribution >= 4 is 66.0 Å². The Balaban J connectivity index is 0.00000144. The van der Waals surface area contributed by atoms with Crippen molar-refractivity contribution in [3.05, 3.63) is 0 Å². The van der Waals surface area contributed by atoms with Gasteiger partial charge < -0.3 is 24.0 Å². The SMILES string of the molecule is CI.CN1P(NC2CCCCC2)(NC2CCCCC2)=NP(Cl)(Cl)=N[P@]1(NC1CCCCC1)=[NH+]C1CCCCC1.[I-]. The molecule has 1 aliphatic heterocycles. The van der Waals surface area contributed by atoms with Gasteiger partial charge in [-0.2, -0.15) is 4.52 Å². The van der Waals surface area contributed by atoms with Crippen LogP contribution in [-0.4, -0.2) is 40.6 Å². The largest absolute Gasteiger partial charge is 1.00 e. The van der Waals surface area contributed by atoms with Crippen LogP contribution in [0.15, 0.2) is 9.03 Å². The quantitative estimate of drug-likeness (QED) is 0.134. The molecule has 0 spiro atoms. The molecule has 4 N–H and O–H groups in total. The molecule has 0 unspecified atom stereocenters. The first kappa shape index (κ1) is 37.0. The average Bonchev–Trinajstić information content (AvgIpc) is 2.95. The van der Waals surface area contributed by atoms with E-state index in [1.807, 2.05) is 4.93 Å². The van der Waals surface area contributed by atoms with Crippen LogP contribution in [0.3, 0.4) is 0 Å². The smallest absolute Gasteiger partial charge is 0.361 e. The van der Waals surface area contributed by atoms with Crippen LogP contribution in [0.5, 0.6) is 0 Å². The summed E-state index contributed by atoms with van der Waals surface area (Å²) in [6, 6.07) is 1.84. The molecule has 1 atom stereocenters. The zero-order valence-corrected chi connectivity index (χ0v) is 33.2. The van der Waals surface area contributed by atoms with Gasteiger partial charge in [-0.05, 0) is 78.8 Å². The van der Waals surface area contributed by atoms with Gasteiger partial charge in [0.1, 0.15) is 6.04 Å². The summed E-state index contributed by atoms with van der Waals surface area (Å²) in [6.45, 7) is 0. The number of nitrogens with zero attached hydrogens (tertiary/aromatic N) is 3. The Morgan fingerprint density at radius 3 is 1.43 bits per heavy atom. The molecule has 0 aromatic rings. The van der Waals surface area contributed by atoms with Crippen LogP contribution in [0.1, 0.15) is 128 Å². The predicted molar refractivity (Wildman–Crippen MR) is 183 cm³/mol. The van der Waals surface area contributed by atoms with Crippen LogP contribution < -0.4 is 44.0 Å². The van der Waals surface area contributed by atoms with Crippen LogP contribution >= 0.6 is 66.0 Å². The molecule has 0 saturated heterocycles. The molecule has 4 aliphatic carbocycles. The Bertz CT molecular complexity index is 903. The van der Waals surface area contributed by atoms with Gasteiger partial charge in [0.15, 0.2) is 7.51 Å². The predicted octanol–water partition coefficient (Wildman–Crippen LogP) is 6.48. The lowest BCUT2D eigenvalue weighted by Crippen LogP contribution is -3.00. The summed E-state index contributed by atoms with van der Waals surface area (Å²) in [5.41, 5.74) is 0. The normalized spacial score (nSPS) is 30.6. The first-order valence-electron chi connectivity index (χ1n) is 15.7. The van der Waals surface area contributed by atoms with E-state index in [-0.39, 0.29) is 24.0 Å². The second kappa shape index (κ2) is 18.0. The molecular formula is C26H54Cl2I2N7P3. The summed E-state index contributed by atoms with van der Waals surface area (Å²) in [6.07, 6.45) is 25.4. The van der Waals surface area contributed by atoms with Crippen molar-refractivity contribution in [3.8, 4) is 0 Å². The molecule has 5 rings (SSSR count). The highest BCUT2D eigenvalue weighted by atomic mass is 127. The van der Waals surface area contributed by atoms with Crippen molar-refractivity contribution < 1.29 is 28.7 Å². The Labute approximate surface area is 285 Å². The third-order valence-electron chi connectivity index (χ3n) is 9.18. The highest BCUT2D eigenvalue weighted by Gasteiger charge is 2.50. The summed E-state index contributed by atoms with van der Waals surface area (Å²) in [5.74, 6) is -2.89. The molecule has 0 aromatic carbocycles. The van der Waals surface area contributed by atoms with Crippen LogP contribution in [0.2, 0.25) is 0 Å². The molecule has 14 heteroatoms. The maximum Gasteiger partial charge on any atom is 0.361 e. The van der Waals surface area contributed by atoms with Gasteiger partial charge in [0.25, 0.3) is 5.91 Å². The first-order chi connectivity index (χ1) is 18.9. The first-order valence-corrected chi connectivity index (χ1v) is 24.7. The van der Waals surface area contributed by atoms with Crippen LogP contribution in [0.25, 0.3) is 0 Å². The third-order valence-corrected chi connectivity index (χ3v) is 21.5. The second-order valence-electron chi connectivity index (χ2n) is 12.2. The van der Waals surface area contributed by atoms with Crippen molar-refractivity contribution in [2.75, 3.05) is 12.0 Å². The zero-order chi connectivity index (χ0) is 27.8. The molecule has 0 radical (unpaired) electrons. The number of rotatable bonds is 7. The van der Waals surface area contributed by atoms with E-state index in [1.54, 1.807) is 0 Å². The maximum atomic E-state index is 7.19. The highest BCUT2D eigenvalue weighted by molar-refractivity contribution is 14.1. The van der Waals surface area contributed by atoms with Crippen molar-refractivity contribution in [1.82, 2.24) is 19.7 Å². The molecule has 0 amide bonds. The molecule has 236 valence electrons. The monoisotopic (exact) mass is 881 g/mol. The fraction of sp³-hybridized carbons (Fsp3) is 1.00. The Kier molecular flexibility index (Phi) is 16.7. The van der Waals surface area contributed by atoms with E-state index < -0.39 is 20.9 Å². The summed E-state index contributed by atoms with van der Waals surface area (Å²) in [4.78, 5) is 1.97. The molecular weight excluding hydrogens is 828 g/mol. The van der Waals surface area contributed by atoms with Gasteiger partial charge >= 0.3 is 7.51 Å². The van der Waals surface area contributed by atoms with E-state index in [1.165, 1.54) is 128 Å². The maximum absolute atomic E-state index is 7.19. The lowest BCUT2D eigenvalue weighted by molar-refractivity contribution is -0.491. The van der Waals surface area contributed by atoms with Gasteiger partial charge in [-0.1, -0.05) is 86.8 Å². The van der Waals surface area contributed by atoms with Gasteiger partial charge in [0.05, 0.1) is 0 Å². The Morgan fingerprint density at radius 2 is 1.00 bits per heavy atom. The van der Waals surface area contributed by atoms with Crippen molar-refractivity contribution in [1.29, 1.82) is 0 Å². The van der Waals surface area contributed by atoms with Gasteiger partial charge in [-0.15, -0.1) is 8.96 Å². The van der Waals surface area contributed by atoms with Gasteiger partial charge in [0, 0.05) is 38.0 Å². The van der Waals surface area contributed by atoms with Crippen molar-refractivity contribution in [3.63, 3.8) is 0 Å². The summed E-state index contributed by atoms with van der Waals surface area (Å²) < 4.78 is 17.4. The standard InChI is InChI=1S/C25H50Cl2N7P3.CH3I.HI/c1-34-36(28-22-14-6-2-7-15-22,29-23-16-8-3-9-17-23)32-35(26,27)33-37(34,30-24-18-10-4-11-19-24)31-25-20-12-5-13-21-25;1-2;/h22-25,28-29H,2-21H2,1H3,(H,30,31);1H3;1H. The van der Waals surface area contributed by atoms with E-state index in [9.17, 15) is 0 Å². The van der Waals surface area contributed by atoms with E-state index in [0.717, 1.165) is 0 Å². The number of halogens is 4. The topological polar surface area (TPSA) is 78.0 Å². The minimum absolute atomic E-state index is 0. The number of hydrogen-bond acceptors (Lipinski definition) is 3. The minimum Gasteiger partial charge on any atom is -1.00 e. The average molecular weight is 882 g/mol. The van der Waals surface area contributed by atoms with Crippen molar-refractivity contribution in [2.24, 2.45) is 9.03 Å². The fourth-order valence-electron chi connectivity index (χ4n) is 7.09.